The van der Waals surface area contributed by atoms with Crippen molar-refractivity contribution in [1.82, 2.24) is 15.6 Å². The van der Waals surface area contributed by atoms with Crippen LogP contribution in [0.15, 0.2) is 22.2 Å². The van der Waals surface area contributed by atoms with Crippen LogP contribution < -0.4 is 10.6 Å². The fraction of sp³-hybridized carbons (Fsp3) is 0.250. The first-order valence-electron chi connectivity index (χ1n) is 5.85. The number of thiazole rings is 1. The molecular weight excluding hydrogens is 298 g/mol. The molecule has 0 saturated carbocycles. The Kier molecular flexibility index (Phi) is 5.08. The van der Waals surface area contributed by atoms with Gasteiger partial charge in [-0.25, -0.2) is 14.6 Å². The number of aromatic carboxylic acids is 1. The minimum Gasteiger partial charge on any atom is -0.476 e. The maximum Gasteiger partial charge on any atom is 0.355 e. The molecule has 0 radical (unpaired) electrons. The average molecular weight is 311 g/mol. The van der Waals surface area contributed by atoms with Crippen LogP contribution in [0.5, 0.6) is 0 Å². The van der Waals surface area contributed by atoms with Gasteiger partial charge in [0, 0.05) is 11.9 Å². The van der Waals surface area contributed by atoms with E-state index in [1.807, 2.05) is 16.8 Å². The van der Waals surface area contributed by atoms with E-state index >= 15 is 0 Å². The molecule has 0 aliphatic rings. The van der Waals surface area contributed by atoms with E-state index in [0.29, 0.717) is 11.6 Å². The van der Waals surface area contributed by atoms with E-state index in [1.54, 1.807) is 11.3 Å². The molecule has 2 amide bonds. The van der Waals surface area contributed by atoms with Crippen LogP contribution in [0.4, 0.5) is 4.79 Å². The summed E-state index contributed by atoms with van der Waals surface area (Å²) in [5, 5.41) is 20.2. The maximum absolute atomic E-state index is 11.5. The van der Waals surface area contributed by atoms with Gasteiger partial charge in [0.2, 0.25) is 0 Å². The Morgan fingerprint density at radius 2 is 2.15 bits per heavy atom. The molecule has 0 aliphatic heterocycles. The first kappa shape index (κ1) is 14.5. The molecule has 2 aromatic heterocycles. The van der Waals surface area contributed by atoms with Gasteiger partial charge in [-0.05, 0) is 28.8 Å². The largest absolute Gasteiger partial charge is 0.476 e. The zero-order valence-corrected chi connectivity index (χ0v) is 12.1. The predicted octanol–water partition coefficient (Wildman–Crippen LogP) is 1.94. The third-order valence-electron chi connectivity index (χ3n) is 2.45. The van der Waals surface area contributed by atoms with Gasteiger partial charge < -0.3 is 15.7 Å². The van der Waals surface area contributed by atoms with Gasteiger partial charge in [-0.2, -0.15) is 11.3 Å². The summed E-state index contributed by atoms with van der Waals surface area (Å²) in [4.78, 5) is 26.1. The molecule has 8 heteroatoms. The summed E-state index contributed by atoms with van der Waals surface area (Å²) in [5.74, 6) is -1.06. The van der Waals surface area contributed by atoms with E-state index < -0.39 is 5.97 Å². The van der Waals surface area contributed by atoms with Crippen LogP contribution in [0, 0.1) is 0 Å². The van der Waals surface area contributed by atoms with Gasteiger partial charge in [0.1, 0.15) is 5.01 Å². The Balaban J connectivity index is 1.67. The number of aromatic nitrogens is 1. The topological polar surface area (TPSA) is 91.3 Å². The summed E-state index contributed by atoms with van der Waals surface area (Å²) in [5.41, 5.74) is 1.20. The van der Waals surface area contributed by atoms with E-state index in [-0.39, 0.29) is 18.3 Å². The molecule has 20 heavy (non-hydrogen) atoms. The highest BCUT2D eigenvalue weighted by Crippen LogP contribution is 2.09. The van der Waals surface area contributed by atoms with E-state index in [1.165, 1.54) is 22.3 Å². The molecule has 2 aromatic rings. The number of urea groups is 1. The number of nitrogens with one attached hydrogen (secondary N) is 2. The lowest BCUT2D eigenvalue weighted by Crippen LogP contribution is -2.36. The quantitative estimate of drug-likeness (QED) is 0.760. The van der Waals surface area contributed by atoms with Crippen LogP contribution in [-0.2, 0) is 13.0 Å². The second kappa shape index (κ2) is 7.01. The first-order chi connectivity index (χ1) is 9.65. The summed E-state index contributed by atoms with van der Waals surface area (Å²) in [6.45, 7) is 0.781. The number of carbonyl (C=O) groups is 2. The van der Waals surface area contributed by atoms with Crippen molar-refractivity contribution in [3.8, 4) is 0 Å². The van der Waals surface area contributed by atoms with Crippen molar-refractivity contribution in [3.05, 3.63) is 38.5 Å². The number of carbonyl (C=O) groups excluding carboxylic acids is 1. The third-order valence-corrected chi connectivity index (χ3v) is 4.03. The lowest BCUT2D eigenvalue weighted by molar-refractivity contribution is 0.0691. The molecule has 0 aliphatic carbocycles. The Labute approximate surface area is 123 Å². The van der Waals surface area contributed by atoms with Crippen LogP contribution in [-0.4, -0.2) is 28.6 Å². The molecule has 0 spiro atoms. The number of hydrogen-bond acceptors (Lipinski definition) is 5. The lowest BCUT2D eigenvalue weighted by Gasteiger charge is -2.05. The predicted molar refractivity (Wildman–Crippen MR) is 77.3 cm³/mol. The van der Waals surface area contributed by atoms with E-state index in [2.05, 4.69) is 15.6 Å². The summed E-state index contributed by atoms with van der Waals surface area (Å²) < 4.78 is 0. The smallest absolute Gasteiger partial charge is 0.355 e. The zero-order chi connectivity index (χ0) is 14.4. The second-order valence-corrected chi connectivity index (χ2v) is 5.65. The normalized spacial score (nSPS) is 10.2. The molecule has 0 fully saturated rings. The summed E-state index contributed by atoms with van der Waals surface area (Å²) in [6.07, 6.45) is 0.789. The Hall–Kier alpha value is -1.93. The van der Waals surface area contributed by atoms with Crippen molar-refractivity contribution in [2.45, 2.75) is 13.0 Å². The van der Waals surface area contributed by atoms with Crippen molar-refractivity contribution in [1.29, 1.82) is 0 Å². The second-order valence-electron chi connectivity index (χ2n) is 3.92. The molecular formula is C12H13N3O3S2. The molecule has 0 aromatic carbocycles. The highest BCUT2D eigenvalue weighted by atomic mass is 32.1. The number of nitrogens with zero attached hydrogens (tertiary/aromatic N) is 1. The first-order valence-corrected chi connectivity index (χ1v) is 7.68. The minimum atomic E-state index is -1.06. The van der Waals surface area contributed by atoms with E-state index in [9.17, 15) is 9.59 Å². The van der Waals surface area contributed by atoms with Gasteiger partial charge in [0.05, 0.1) is 6.54 Å². The number of thiophene rings is 1. The molecule has 2 rings (SSSR count). The summed E-state index contributed by atoms with van der Waals surface area (Å²) >= 11 is 2.84. The molecule has 0 saturated heterocycles. The van der Waals surface area contributed by atoms with Gasteiger partial charge in [0.15, 0.2) is 5.69 Å². The summed E-state index contributed by atoms with van der Waals surface area (Å²) in [6, 6.07) is 1.74. The molecule has 0 unspecified atom stereocenters. The van der Waals surface area contributed by atoms with Crippen LogP contribution >= 0.6 is 22.7 Å². The van der Waals surface area contributed by atoms with Crippen LogP contribution in [0.2, 0.25) is 0 Å². The fourth-order valence-electron chi connectivity index (χ4n) is 1.46. The molecule has 3 N–H and O–H groups in total. The fourth-order valence-corrected chi connectivity index (χ4v) is 2.87. The minimum absolute atomic E-state index is 0.00432. The number of rotatable bonds is 6. The summed E-state index contributed by atoms with van der Waals surface area (Å²) in [7, 11) is 0. The molecule has 6 nitrogen and oxygen atoms in total. The Morgan fingerprint density at radius 3 is 2.80 bits per heavy atom. The maximum atomic E-state index is 11.5. The number of carboxylic acids is 1. The number of amides is 2. The molecule has 2 heterocycles. The van der Waals surface area contributed by atoms with Crippen molar-refractivity contribution in [2.24, 2.45) is 0 Å². The van der Waals surface area contributed by atoms with Crippen LogP contribution in [0.25, 0.3) is 0 Å². The Morgan fingerprint density at radius 1 is 1.30 bits per heavy atom. The standard InChI is InChI=1S/C12H13N3O3S2/c16-11(17)9-7-20-10(15-9)5-14-12(18)13-3-1-8-2-4-19-6-8/h2,4,6-7H,1,3,5H2,(H,16,17)(H2,13,14,18). The Bertz CT molecular complexity index is 581. The van der Waals surface area contributed by atoms with Gasteiger partial charge in [-0.1, -0.05) is 0 Å². The molecule has 0 bridgehead atoms. The van der Waals surface area contributed by atoms with E-state index in [0.717, 1.165) is 6.42 Å². The SMILES string of the molecule is O=C(NCCc1ccsc1)NCc1nc(C(=O)O)cs1. The van der Waals surface area contributed by atoms with E-state index in [4.69, 9.17) is 5.11 Å². The number of carboxylic acid groups (broad SMARTS) is 1. The van der Waals surface area contributed by atoms with Crippen molar-refractivity contribution in [2.75, 3.05) is 6.54 Å². The molecule has 0 atom stereocenters. The molecule has 106 valence electrons. The highest BCUT2D eigenvalue weighted by molar-refractivity contribution is 7.09. The van der Waals surface area contributed by atoms with Crippen molar-refractivity contribution >= 4 is 34.7 Å². The van der Waals surface area contributed by atoms with Gasteiger partial charge >= 0.3 is 12.0 Å². The van der Waals surface area contributed by atoms with Crippen molar-refractivity contribution in [3.63, 3.8) is 0 Å². The zero-order valence-electron chi connectivity index (χ0n) is 10.5. The van der Waals surface area contributed by atoms with Crippen LogP contribution in [0.1, 0.15) is 21.1 Å². The highest BCUT2D eigenvalue weighted by Gasteiger charge is 2.09. The lowest BCUT2D eigenvalue weighted by atomic mass is 10.2. The van der Waals surface area contributed by atoms with Gasteiger partial charge in [-0.15, -0.1) is 11.3 Å². The number of hydrogen-bond donors (Lipinski definition) is 3. The van der Waals surface area contributed by atoms with Gasteiger partial charge in [0.25, 0.3) is 0 Å². The average Bonchev–Trinajstić information content (AvgIpc) is 3.07. The van der Waals surface area contributed by atoms with Gasteiger partial charge in [-0.3, -0.25) is 0 Å². The third kappa shape index (κ3) is 4.32. The van der Waals surface area contributed by atoms with Crippen LogP contribution in [0.3, 0.4) is 0 Å². The monoisotopic (exact) mass is 311 g/mol. The van der Waals surface area contributed by atoms with Crippen molar-refractivity contribution < 1.29 is 14.7 Å².